The molecule has 3 aromatic rings. The average molecular weight is 388 g/mol. The van der Waals surface area contributed by atoms with E-state index in [9.17, 15) is 4.79 Å². The van der Waals surface area contributed by atoms with Gasteiger partial charge in [-0.3, -0.25) is 4.79 Å². The molecule has 0 fully saturated rings. The summed E-state index contributed by atoms with van der Waals surface area (Å²) < 4.78 is 10.8. The van der Waals surface area contributed by atoms with Crippen LogP contribution in [0.3, 0.4) is 0 Å². The lowest BCUT2D eigenvalue weighted by Crippen LogP contribution is -2.11. The number of carbonyl (C=O) groups is 1. The topological polar surface area (TPSA) is 85.4 Å². The summed E-state index contributed by atoms with van der Waals surface area (Å²) in [7, 11) is 1.59. The minimum Gasteiger partial charge on any atom is -0.489 e. The smallest absolute Gasteiger partial charge is 0.247 e. The van der Waals surface area contributed by atoms with Gasteiger partial charge in [0.1, 0.15) is 24.5 Å². The first kappa shape index (κ1) is 19.9. The molecule has 0 aliphatic carbocycles. The first-order chi connectivity index (χ1) is 14.1. The highest BCUT2D eigenvalue weighted by Gasteiger charge is 2.13. The highest BCUT2D eigenvalue weighted by atomic mass is 16.5. The van der Waals surface area contributed by atoms with Crippen LogP contribution >= 0.6 is 0 Å². The van der Waals surface area contributed by atoms with E-state index in [4.69, 9.17) is 15.9 Å². The Morgan fingerprint density at radius 2 is 2.14 bits per heavy atom. The fourth-order valence-electron chi connectivity index (χ4n) is 2.64. The molecule has 0 radical (unpaired) electrons. The van der Waals surface area contributed by atoms with Crippen molar-refractivity contribution in [3.63, 3.8) is 0 Å². The number of ether oxygens (including phenoxy) is 2. The van der Waals surface area contributed by atoms with Gasteiger partial charge in [0, 0.05) is 29.8 Å². The number of benzene rings is 2. The molecule has 0 aliphatic rings. The fraction of sp³-hybridized carbons (Fsp3) is 0.136. The summed E-state index contributed by atoms with van der Waals surface area (Å²) in [6.07, 6.45) is 8.12. The summed E-state index contributed by atoms with van der Waals surface area (Å²) in [6, 6.07) is 10.9. The fourth-order valence-corrected chi connectivity index (χ4v) is 2.64. The highest BCUT2D eigenvalue weighted by molar-refractivity contribution is 6.03. The quantitative estimate of drug-likeness (QED) is 0.349. The van der Waals surface area contributed by atoms with Gasteiger partial charge in [-0.05, 0) is 30.3 Å². The SMILES string of the molecule is C#Cc1cccc(Nc2ncnc3cc(OCCOC)c(NC(=O)C=C)cc23)c1. The molecule has 2 N–H and O–H groups in total. The van der Waals surface area contributed by atoms with E-state index in [0.29, 0.717) is 41.4 Å². The number of hydrogen-bond acceptors (Lipinski definition) is 6. The molecule has 2 aromatic carbocycles. The Kier molecular flexibility index (Phi) is 6.40. The largest absolute Gasteiger partial charge is 0.489 e. The maximum Gasteiger partial charge on any atom is 0.247 e. The van der Waals surface area contributed by atoms with Gasteiger partial charge in [-0.2, -0.15) is 0 Å². The van der Waals surface area contributed by atoms with Crippen LogP contribution in [0.5, 0.6) is 5.75 Å². The standard InChI is InChI=1S/C22H20N4O3/c1-4-15-7-6-8-16(11-15)25-22-17-12-19(26-21(27)5-2)20(29-10-9-28-3)13-18(17)23-14-24-22/h1,5-8,11-14H,2,9-10H2,3H3,(H,26,27)(H,23,24,25). The molecule has 0 atom stereocenters. The summed E-state index contributed by atoms with van der Waals surface area (Å²) >= 11 is 0. The summed E-state index contributed by atoms with van der Waals surface area (Å²) in [5, 5.41) is 6.71. The molecular weight excluding hydrogens is 368 g/mol. The van der Waals surface area contributed by atoms with Crippen LogP contribution < -0.4 is 15.4 Å². The second kappa shape index (κ2) is 9.35. The Bertz CT molecular complexity index is 1090. The summed E-state index contributed by atoms with van der Waals surface area (Å²) in [6.45, 7) is 4.23. The number of methoxy groups -OCH3 is 1. The van der Waals surface area contributed by atoms with Gasteiger partial charge in [-0.1, -0.05) is 18.6 Å². The van der Waals surface area contributed by atoms with Crippen LogP contribution in [0.2, 0.25) is 0 Å². The molecule has 7 heteroatoms. The normalized spacial score (nSPS) is 10.2. The van der Waals surface area contributed by atoms with Gasteiger partial charge in [0.05, 0.1) is 17.8 Å². The number of anilines is 3. The average Bonchev–Trinajstić information content (AvgIpc) is 2.74. The Morgan fingerprint density at radius 3 is 2.90 bits per heavy atom. The number of hydrogen-bond donors (Lipinski definition) is 2. The van der Waals surface area contributed by atoms with Crippen molar-refractivity contribution in [1.82, 2.24) is 9.97 Å². The number of carbonyl (C=O) groups excluding carboxylic acids is 1. The lowest BCUT2D eigenvalue weighted by atomic mass is 10.1. The van der Waals surface area contributed by atoms with Crippen molar-refractivity contribution in [2.45, 2.75) is 0 Å². The molecule has 0 aliphatic heterocycles. The molecule has 0 unspecified atom stereocenters. The zero-order valence-electron chi connectivity index (χ0n) is 15.9. The third-order valence-electron chi connectivity index (χ3n) is 4.02. The Hall–Kier alpha value is -3.89. The minimum atomic E-state index is -0.353. The highest BCUT2D eigenvalue weighted by Crippen LogP contribution is 2.33. The zero-order chi connectivity index (χ0) is 20.6. The number of nitrogens with one attached hydrogen (secondary N) is 2. The maximum atomic E-state index is 11.9. The van der Waals surface area contributed by atoms with Crippen LogP contribution in [-0.4, -0.2) is 36.2 Å². The molecule has 0 bridgehead atoms. The molecule has 29 heavy (non-hydrogen) atoms. The third-order valence-corrected chi connectivity index (χ3v) is 4.02. The van der Waals surface area contributed by atoms with E-state index in [2.05, 4.69) is 33.1 Å². The minimum absolute atomic E-state index is 0.327. The van der Waals surface area contributed by atoms with Crippen LogP contribution in [0, 0.1) is 12.3 Å². The lowest BCUT2D eigenvalue weighted by molar-refractivity contribution is -0.111. The van der Waals surface area contributed by atoms with E-state index in [1.807, 2.05) is 24.3 Å². The van der Waals surface area contributed by atoms with Crippen molar-refractivity contribution < 1.29 is 14.3 Å². The molecule has 0 spiro atoms. The molecule has 0 saturated heterocycles. The Labute approximate surface area is 168 Å². The van der Waals surface area contributed by atoms with Crippen LogP contribution in [0.25, 0.3) is 10.9 Å². The van der Waals surface area contributed by atoms with Gasteiger partial charge in [0.25, 0.3) is 0 Å². The molecule has 3 rings (SSSR count). The van der Waals surface area contributed by atoms with E-state index in [-0.39, 0.29) is 5.91 Å². The van der Waals surface area contributed by atoms with Crippen molar-refractivity contribution >= 4 is 34.0 Å². The van der Waals surface area contributed by atoms with Crippen LogP contribution in [0.1, 0.15) is 5.56 Å². The van der Waals surface area contributed by atoms with Crippen LogP contribution in [0.15, 0.2) is 55.4 Å². The predicted octanol–water partition coefficient (Wildman–Crippen LogP) is 3.50. The first-order valence-electron chi connectivity index (χ1n) is 8.82. The van der Waals surface area contributed by atoms with E-state index in [1.165, 1.54) is 12.4 Å². The number of rotatable bonds is 8. The summed E-state index contributed by atoms with van der Waals surface area (Å²) in [4.78, 5) is 20.5. The van der Waals surface area contributed by atoms with E-state index >= 15 is 0 Å². The molecular formula is C22H20N4O3. The van der Waals surface area contributed by atoms with E-state index in [0.717, 1.165) is 11.3 Å². The van der Waals surface area contributed by atoms with Crippen LogP contribution in [0.4, 0.5) is 17.2 Å². The monoisotopic (exact) mass is 388 g/mol. The second-order valence-corrected chi connectivity index (χ2v) is 5.97. The van der Waals surface area contributed by atoms with Crippen molar-refractivity contribution in [2.75, 3.05) is 31.0 Å². The Morgan fingerprint density at radius 1 is 1.28 bits per heavy atom. The van der Waals surface area contributed by atoms with Gasteiger partial charge in [0.2, 0.25) is 5.91 Å². The van der Waals surface area contributed by atoms with Gasteiger partial charge in [-0.15, -0.1) is 6.42 Å². The molecule has 146 valence electrons. The molecule has 7 nitrogen and oxygen atoms in total. The number of amides is 1. The van der Waals surface area contributed by atoms with Crippen LogP contribution in [-0.2, 0) is 9.53 Å². The first-order valence-corrected chi connectivity index (χ1v) is 8.82. The van der Waals surface area contributed by atoms with Gasteiger partial charge < -0.3 is 20.1 Å². The van der Waals surface area contributed by atoms with E-state index in [1.54, 1.807) is 19.2 Å². The van der Waals surface area contributed by atoms with Crippen molar-refractivity contribution in [3.05, 3.63) is 60.9 Å². The lowest BCUT2D eigenvalue weighted by Gasteiger charge is -2.15. The molecule has 1 amide bonds. The number of fused-ring (bicyclic) bond motifs is 1. The summed E-state index contributed by atoms with van der Waals surface area (Å²) in [5.74, 6) is 3.30. The summed E-state index contributed by atoms with van der Waals surface area (Å²) in [5.41, 5.74) is 2.67. The van der Waals surface area contributed by atoms with Gasteiger partial charge in [-0.25, -0.2) is 9.97 Å². The van der Waals surface area contributed by atoms with E-state index < -0.39 is 0 Å². The third kappa shape index (κ3) is 4.89. The zero-order valence-corrected chi connectivity index (χ0v) is 15.9. The number of nitrogens with zero attached hydrogens (tertiary/aromatic N) is 2. The van der Waals surface area contributed by atoms with Gasteiger partial charge >= 0.3 is 0 Å². The molecule has 1 heterocycles. The molecule has 0 saturated carbocycles. The molecule has 1 aromatic heterocycles. The predicted molar refractivity (Wildman–Crippen MR) is 113 cm³/mol. The second-order valence-electron chi connectivity index (χ2n) is 5.97. The van der Waals surface area contributed by atoms with Crippen molar-refractivity contribution in [3.8, 4) is 18.1 Å². The Balaban J connectivity index is 2.02. The number of aromatic nitrogens is 2. The maximum absolute atomic E-state index is 11.9. The van der Waals surface area contributed by atoms with Crippen molar-refractivity contribution in [2.24, 2.45) is 0 Å². The number of terminal acetylenes is 1. The van der Waals surface area contributed by atoms with Crippen molar-refractivity contribution in [1.29, 1.82) is 0 Å². The van der Waals surface area contributed by atoms with Gasteiger partial charge in [0.15, 0.2) is 0 Å².